The minimum atomic E-state index is 0.0717. The molecule has 1 N–H and O–H groups in total. The van der Waals surface area contributed by atoms with Crippen LogP contribution in [0.1, 0.15) is 30.5 Å². The largest absolute Gasteiger partial charge is 0.390 e. The van der Waals surface area contributed by atoms with Gasteiger partial charge < -0.3 is 10.0 Å². The first kappa shape index (κ1) is 12.0. The maximum absolute atomic E-state index is 8.97. The molecular weight excluding hydrogens is 220 g/mol. The summed E-state index contributed by atoms with van der Waals surface area (Å²) in [6.07, 6.45) is 3.72. The highest BCUT2D eigenvalue weighted by Gasteiger charge is 2.19. The molecule has 1 fully saturated rings. The lowest BCUT2D eigenvalue weighted by molar-refractivity contribution is 0.182. The molecule has 2 heterocycles. The van der Waals surface area contributed by atoms with Crippen LogP contribution in [0.3, 0.4) is 0 Å². The zero-order chi connectivity index (χ0) is 11.4. The smallest absolute Gasteiger partial charge is 0.0932 e. The van der Waals surface area contributed by atoms with Gasteiger partial charge in [0.1, 0.15) is 0 Å². The van der Waals surface area contributed by atoms with E-state index in [2.05, 4.69) is 16.8 Å². The third kappa shape index (κ3) is 3.03. The van der Waals surface area contributed by atoms with Crippen molar-refractivity contribution in [1.82, 2.24) is 9.88 Å². The van der Waals surface area contributed by atoms with Crippen molar-refractivity contribution in [3.8, 4) is 0 Å². The van der Waals surface area contributed by atoms with Crippen LogP contribution in [0.4, 0.5) is 0 Å². The van der Waals surface area contributed by atoms with Gasteiger partial charge in [-0.05, 0) is 31.8 Å². The molecule has 1 aliphatic rings. The van der Waals surface area contributed by atoms with Crippen LogP contribution in [0.5, 0.6) is 0 Å². The lowest BCUT2D eigenvalue weighted by Crippen LogP contribution is -2.35. The van der Waals surface area contributed by atoms with Gasteiger partial charge in [-0.2, -0.15) is 0 Å². The first-order valence-corrected chi connectivity index (χ1v) is 6.96. The molecule has 0 aromatic carbocycles. The van der Waals surface area contributed by atoms with E-state index < -0.39 is 0 Å². The van der Waals surface area contributed by atoms with E-state index in [1.54, 1.807) is 11.3 Å². The average molecular weight is 240 g/mol. The van der Waals surface area contributed by atoms with Crippen LogP contribution in [0.25, 0.3) is 0 Å². The molecular formula is C12H20N2OS. The zero-order valence-electron chi connectivity index (χ0n) is 9.85. The van der Waals surface area contributed by atoms with Crippen LogP contribution in [-0.2, 0) is 13.0 Å². The summed E-state index contributed by atoms with van der Waals surface area (Å²) in [5, 5.41) is 12.1. The zero-order valence-corrected chi connectivity index (χ0v) is 10.7. The van der Waals surface area contributed by atoms with Crippen LogP contribution in [0.15, 0.2) is 5.38 Å². The van der Waals surface area contributed by atoms with Crippen LogP contribution >= 0.6 is 11.3 Å². The van der Waals surface area contributed by atoms with Crippen LogP contribution in [-0.4, -0.2) is 34.6 Å². The third-order valence-corrected chi connectivity index (χ3v) is 4.19. The van der Waals surface area contributed by atoms with Gasteiger partial charge in [-0.3, -0.25) is 0 Å². The number of likely N-dealkylation sites (tertiary alicyclic amines) is 1. The Morgan fingerprint density at radius 3 is 3.19 bits per heavy atom. The van der Waals surface area contributed by atoms with Gasteiger partial charge in [-0.1, -0.05) is 6.92 Å². The number of hydrogen-bond acceptors (Lipinski definition) is 4. The summed E-state index contributed by atoms with van der Waals surface area (Å²) >= 11 is 1.69. The quantitative estimate of drug-likeness (QED) is 0.873. The van der Waals surface area contributed by atoms with Crippen LogP contribution in [0.2, 0.25) is 0 Å². The first-order chi connectivity index (χ1) is 7.81. The molecule has 1 atom stereocenters. The van der Waals surface area contributed by atoms with E-state index in [9.17, 15) is 0 Å². The fourth-order valence-electron chi connectivity index (χ4n) is 2.37. The fraction of sp³-hybridized carbons (Fsp3) is 0.750. The summed E-state index contributed by atoms with van der Waals surface area (Å²) < 4.78 is 0. The van der Waals surface area contributed by atoms with Crippen LogP contribution in [0, 0.1) is 5.92 Å². The molecule has 90 valence electrons. The Bertz CT molecular complexity index is 327. The number of hydrogen-bond donors (Lipinski definition) is 1. The number of aliphatic hydroxyl groups excluding tert-OH is 1. The molecule has 1 saturated heterocycles. The Morgan fingerprint density at radius 1 is 1.62 bits per heavy atom. The van der Waals surface area contributed by atoms with E-state index in [0.29, 0.717) is 0 Å². The summed E-state index contributed by atoms with van der Waals surface area (Å²) in [5.74, 6) is 0.756. The van der Waals surface area contributed by atoms with Gasteiger partial charge in [0, 0.05) is 18.3 Å². The normalized spacial score (nSPS) is 22.5. The lowest BCUT2D eigenvalue weighted by Gasteiger charge is -2.31. The van der Waals surface area contributed by atoms with Crippen molar-refractivity contribution >= 4 is 11.3 Å². The molecule has 0 saturated carbocycles. The molecule has 0 amide bonds. The van der Waals surface area contributed by atoms with Crippen molar-refractivity contribution < 1.29 is 5.11 Å². The Labute approximate surface area is 101 Å². The predicted octanol–water partition coefficient (Wildman–Crippen LogP) is 1.91. The van der Waals surface area contributed by atoms with E-state index in [4.69, 9.17) is 5.11 Å². The molecule has 4 heteroatoms. The van der Waals surface area contributed by atoms with Gasteiger partial charge in [0.2, 0.25) is 0 Å². The Hall–Kier alpha value is -0.450. The molecule has 1 aromatic rings. The number of aliphatic hydroxyl groups is 1. The summed E-state index contributed by atoms with van der Waals surface area (Å²) in [5.41, 5.74) is 0.822. The summed E-state index contributed by atoms with van der Waals surface area (Å²) in [6, 6.07) is 0. The van der Waals surface area contributed by atoms with Gasteiger partial charge in [0.05, 0.1) is 17.3 Å². The highest BCUT2D eigenvalue weighted by atomic mass is 32.1. The van der Waals surface area contributed by atoms with Crippen molar-refractivity contribution in [3.63, 3.8) is 0 Å². The number of rotatable bonds is 4. The summed E-state index contributed by atoms with van der Waals surface area (Å²) in [7, 11) is 0. The number of aromatic nitrogens is 1. The molecule has 1 unspecified atom stereocenters. The second-order valence-electron chi connectivity index (χ2n) is 4.50. The van der Waals surface area contributed by atoms with Gasteiger partial charge in [0.15, 0.2) is 0 Å². The average Bonchev–Trinajstić information content (AvgIpc) is 2.77. The molecule has 16 heavy (non-hydrogen) atoms. The van der Waals surface area contributed by atoms with Gasteiger partial charge in [-0.25, -0.2) is 4.98 Å². The minimum absolute atomic E-state index is 0.0717. The molecule has 0 bridgehead atoms. The fourth-order valence-corrected chi connectivity index (χ4v) is 3.27. The molecule has 0 spiro atoms. The van der Waals surface area contributed by atoms with Crippen molar-refractivity contribution in [2.75, 3.05) is 19.6 Å². The van der Waals surface area contributed by atoms with Gasteiger partial charge in [-0.15, -0.1) is 11.3 Å². The topological polar surface area (TPSA) is 36.4 Å². The first-order valence-electron chi connectivity index (χ1n) is 6.08. The Balaban J connectivity index is 1.88. The van der Waals surface area contributed by atoms with E-state index >= 15 is 0 Å². The number of piperidine rings is 1. The monoisotopic (exact) mass is 240 g/mol. The van der Waals surface area contributed by atoms with Crippen molar-refractivity contribution in [2.24, 2.45) is 5.92 Å². The van der Waals surface area contributed by atoms with Crippen molar-refractivity contribution in [3.05, 3.63) is 16.1 Å². The Kier molecular flexibility index (Phi) is 4.32. The standard InChI is InChI=1S/C12H20N2OS/c1-2-14-5-3-4-10(7-14)6-12-13-11(8-15)9-16-12/h9-10,15H,2-8H2,1H3. The molecule has 3 nitrogen and oxygen atoms in total. The predicted molar refractivity (Wildman–Crippen MR) is 66.6 cm³/mol. The molecule has 0 radical (unpaired) electrons. The maximum Gasteiger partial charge on any atom is 0.0932 e. The van der Waals surface area contributed by atoms with Crippen LogP contribution < -0.4 is 0 Å². The molecule has 1 aliphatic heterocycles. The minimum Gasteiger partial charge on any atom is -0.390 e. The SMILES string of the molecule is CCN1CCCC(Cc2nc(CO)cs2)C1. The third-order valence-electron chi connectivity index (χ3n) is 3.27. The molecule has 0 aliphatic carbocycles. The van der Waals surface area contributed by atoms with E-state index in [0.717, 1.165) is 24.6 Å². The second-order valence-corrected chi connectivity index (χ2v) is 5.44. The van der Waals surface area contributed by atoms with Crippen molar-refractivity contribution in [1.29, 1.82) is 0 Å². The van der Waals surface area contributed by atoms with Gasteiger partial charge in [0.25, 0.3) is 0 Å². The highest BCUT2D eigenvalue weighted by Crippen LogP contribution is 2.22. The van der Waals surface area contributed by atoms with Crippen molar-refractivity contribution in [2.45, 2.75) is 32.8 Å². The van der Waals surface area contributed by atoms with E-state index in [-0.39, 0.29) is 6.61 Å². The summed E-state index contributed by atoms with van der Waals surface area (Å²) in [4.78, 5) is 6.95. The Morgan fingerprint density at radius 2 is 2.50 bits per heavy atom. The van der Waals surface area contributed by atoms with E-state index in [1.165, 1.54) is 30.9 Å². The van der Waals surface area contributed by atoms with Gasteiger partial charge >= 0.3 is 0 Å². The lowest BCUT2D eigenvalue weighted by atomic mass is 9.95. The molecule has 1 aromatic heterocycles. The second kappa shape index (κ2) is 5.75. The molecule has 2 rings (SSSR count). The highest BCUT2D eigenvalue weighted by molar-refractivity contribution is 7.09. The van der Waals surface area contributed by atoms with E-state index in [1.807, 2.05) is 5.38 Å². The summed E-state index contributed by atoms with van der Waals surface area (Å²) in [6.45, 7) is 5.94. The maximum atomic E-state index is 8.97. The number of thiazole rings is 1. The number of nitrogens with zero attached hydrogens (tertiary/aromatic N) is 2.